The minimum absolute atomic E-state index is 0.0868. The van der Waals surface area contributed by atoms with Gasteiger partial charge in [0.15, 0.2) is 5.69 Å². The molecule has 3 aromatic heterocycles. The molecule has 1 saturated carbocycles. The molecule has 0 spiro atoms. The van der Waals surface area contributed by atoms with E-state index in [1.807, 2.05) is 17.5 Å². The van der Waals surface area contributed by atoms with Crippen molar-refractivity contribution in [2.24, 2.45) is 0 Å². The average Bonchev–Trinajstić information content (AvgIpc) is 3.33. The van der Waals surface area contributed by atoms with Crippen LogP contribution >= 0.6 is 11.3 Å². The Morgan fingerprint density at radius 1 is 1.23 bits per heavy atom. The summed E-state index contributed by atoms with van der Waals surface area (Å²) in [6.07, 6.45) is 8.44. The molecule has 0 bridgehead atoms. The third kappa shape index (κ3) is 4.30. The van der Waals surface area contributed by atoms with Gasteiger partial charge >= 0.3 is 5.97 Å². The van der Waals surface area contributed by atoms with Gasteiger partial charge in [-0.1, -0.05) is 31.7 Å². The summed E-state index contributed by atoms with van der Waals surface area (Å²) in [6.45, 7) is 0.330. The van der Waals surface area contributed by atoms with Gasteiger partial charge in [0, 0.05) is 23.5 Å². The van der Waals surface area contributed by atoms with Gasteiger partial charge in [-0.15, -0.1) is 11.3 Å². The number of fused-ring (bicyclic) bond motifs is 1. The Labute approximate surface area is 177 Å². The zero-order valence-corrected chi connectivity index (χ0v) is 17.4. The fourth-order valence-corrected chi connectivity index (χ4v) is 4.65. The number of aromatic nitrogens is 3. The van der Waals surface area contributed by atoms with Gasteiger partial charge in [-0.3, -0.25) is 9.59 Å². The summed E-state index contributed by atoms with van der Waals surface area (Å²) < 4.78 is 2.64. The van der Waals surface area contributed by atoms with E-state index in [4.69, 9.17) is 0 Å². The van der Waals surface area contributed by atoms with E-state index in [1.54, 1.807) is 11.3 Å². The molecular weight excluding hydrogens is 404 g/mol. The van der Waals surface area contributed by atoms with Crippen LogP contribution in [-0.2, 0) is 13.0 Å². The number of aryl methyl sites for hydroxylation is 1. The molecule has 0 saturated heterocycles. The van der Waals surface area contributed by atoms with Crippen LogP contribution in [0.2, 0.25) is 0 Å². The highest BCUT2D eigenvalue weighted by molar-refractivity contribution is 7.09. The van der Waals surface area contributed by atoms with Gasteiger partial charge < -0.3 is 15.0 Å². The average molecular weight is 429 g/mol. The Hall–Kier alpha value is -2.94. The number of aromatic carboxylic acids is 1. The molecule has 0 atom stereocenters. The highest BCUT2D eigenvalue weighted by Gasteiger charge is 2.22. The number of carbonyl (C=O) groups excluding carboxylic acids is 1. The predicted molar refractivity (Wildman–Crippen MR) is 113 cm³/mol. The standard InChI is InChI=1S/C21H24N4O4S/c26-19(22-14-6-3-1-2-4-7-14)18-13-25-17(12-16(23-25)21(28)29)20(27)24(18)10-9-15-8-5-11-30-15/h5,8,11-14H,1-4,6-7,9-10H2,(H,22,26)(H,28,29). The number of hydrogen-bond acceptors (Lipinski definition) is 5. The summed E-state index contributed by atoms with van der Waals surface area (Å²) in [5.74, 6) is -1.54. The molecular formula is C21H24N4O4S. The maximum Gasteiger partial charge on any atom is 0.356 e. The second kappa shape index (κ2) is 8.83. The van der Waals surface area contributed by atoms with Crippen molar-refractivity contribution in [2.45, 2.75) is 57.5 Å². The predicted octanol–water partition coefficient (Wildman–Crippen LogP) is 2.95. The van der Waals surface area contributed by atoms with E-state index in [2.05, 4.69) is 10.4 Å². The lowest BCUT2D eigenvalue weighted by atomic mass is 10.1. The van der Waals surface area contributed by atoms with E-state index in [0.29, 0.717) is 13.0 Å². The molecule has 0 aliphatic heterocycles. The van der Waals surface area contributed by atoms with Crippen LogP contribution in [0.1, 0.15) is 64.4 Å². The molecule has 1 amide bonds. The zero-order valence-electron chi connectivity index (χ0n) is 16.5. The first-order chi connectivity index (χ1) is 14.5. The SMILES string of the molecule is O=C(O)c1cc2c(=O)n(CCc3cccs3)c(C(=O)NC3CCCCCC3)cn2n1. The van der Waals surface area contributed by atoms with E-state index in [1.165, 1.54) is 34.2 Å². The lowest BCUT2D eigenvalue weighted by molar-refractivity contribution is 0.0690. The van der Waals surface area contributed by atoms with Crippen LogP contribution in [0.3, 0.4) is 0 Å². The smallest absolute Gasteiger partial charge is 0.356 e. The number of amides is 1. The molecule has 1 aliphatic rings. The summed E-state index contributed by atoms with van der Waals surface area (Å²) in [5.41, 5.74) is -0.295. The minimum Gasteiger partial charge on any atom is -0.476 e. The Morgan fingerprint density at radius 3 is 2.67 bits per heavy atom. The molecule has 4 rings (SSSR count). The van der Waals surface area contributed by atoms with E-state index < -0.39 is 11.5 Å². The number of rotatable bonds is 6. The second-order valence-electron chi connectivity index (χ2n) is 7.63. The molecule has 30 heavy (non-hydrogen) atoms. The van der Waals surface area contributed by atoms with E-state index in [-0.39, 0.29) is 28.9 Å². The molecule has 0 unspecified atom stereocenters. The summed E-state index contributed by atoms with van der Waals surface area (Å²) in [4.78, 5) is 38.7. The molecule has 3 heterocycles. The number of nitrogens with zero attached hydrogens (tertiary/aromatic N) is 3. The van der Waals surface area contributed by atoms with E-state index in [9.17, 15) is 19.5 Å². The summed E-state index contributed by atoms with van der Waals surface area (Å²) in [7, 11) is 0. The van der Waals surface area contributed by atoms with Crippen LogP contribution in [0.4, 0.5) is 0 Å². The lowest BCUT2D eigenvalue weighted by Gasteiger charge is -2.18. The molecule has 0 aromatic carbocycles. The van der Waals surface area contributed by atoms with Crippen molar-refractivity contribution >= 4 is 28.7 Å². The summed E-state index contributed by atoms with van der Waals surface area (Å²) in [5, 5.41) is 18.2. The number of carboxylic acid groups (broad SMARTS) is 1. The van der Waals surface area contributed by atoms with Crippen LogP contribution in [0, 0.1) is 0 Å². The van der Waals surface area contributed by atoms with Gasteiger partial charge in [0.05, 0.1) is 6.20 Å². The number of hydrogen-bond donors (Lipinski definition) is 2. The minimum atomic E-state index is -1.22. The Balaban J connectivity index is 1.70. The van der Waals surface area contributed by atoms with Crippen LogP contribution in [0.15, 0.2) is 34.6 Å². The fraction of sp³-hybridized carbons (Fsp3) is 0.429. The van der Waals surface area contributed by atoms with Crippen molar-refractivity contribution in [1.82, 2.24) is 19.5 Å². The third-order valence-electron chi connectivity index (χ3n) is 5.54. The van der Waals surface area contributed by atoms with Crippen molar-refractivity contribution in [3.63, 3.8) is 0 Å². The fourth-order valence-electron chi connectivity index (χ4n) is 3.95. The molecule has 0 radical (unpaired) electrons. The van der Waals surface area contributed by atoms with Crippen molar-refractivity contribution in [1.29, 1.82) is 0 Å². The first-order valence-electron chi connectivity index (χ1n) is 10.2. The molecule has 9 heteroatoms. The van der Waals surface area contributed by atoms with Crippen LogP contribution < -0.4 is 10.9 Å². The number of carbonyl (C=O) groups is 2. The summed E-state index contributed by atoms with van der Waals surface area (Å²) >= 11 is 1.59. The Bertz CT molecular complexity index is 1110. The largest absolute Gasteiger partial charge is 0.476 e. The molecule has 158 valence electrons. The van der Waals surface area contributed by atoms with Crippen molar-refractivity contribution in [2.75, 3.05) is 0 Å². The Morgan fingerprint density at radius 2 is 2.00 bits per heavy atom. The van der Waals surface area contributed by atoms with Crippen LogP contribution in [0.5, 0.6) is 0 Å². The number of thiophene rings is 1. The highest BCUT2D eigenvalue weighted by Crippen LogP contribution is 2.18. The topological polar surface area (TPSA) is 106 Å². The van der Waals surface area contributed by atoms with Gasteiger partial charge in [-0.25, -0.2) is 9.31 Å². The van der Waals surface area contributed by atoms with Gasteiger partial charge in [-0.05, 0) is 30.7 Å². The highest BCUT2D eigenvalue weighted by atomic mass is 32.1. The van der Waals surface area contributed by atoms with Crippen LogP contribution in [-0.4, -0.2) is 37.2 Å². The van der Waals surface area contributed by atoms with E-state index in [0.717, 1.165) is 30.6 Å². The molecule has 2 N–H and O–H groups in total. The van der Waals surface area contributed by atoms with E-state index >= 15 is 0 Å². The molecule has 8 nitrogen and oxygen atoms in total. The molecule has 1 fully saturated rings. The van der Waals surface area contributed by atoms with Gasteiger partial charge in [-0.2, -0.15) is 5.10 Å². The van der Waals surface area contributed by atoms with Gasteiger partial charge in [0.2, 0.25) is 0 Å². The number of carboxylic acids is 1. The normalized spacial score (nSPS) is 15.2. The van der Waals surface area contributed by atoms with Crippen molar-refractivity contribution in [3.05, 3.63) is 56.4 Å². The van der Waals surface area contributed by atoms with Gasteiger partial charge in [0.25, 0.3) is 11.5 Å². The van der Waals surface area contributed by atoms with Crippen LogP contribution in [0.25, 0.3) is 5.52 Å². The third-order valence-corrected chi connectivity index (χ3v) is 6.48. The first kappa shape index (κ1) is 20.3. The second-order valence-corrected chi connectivity index (χ2v) is 8.66. The maximum atomic E-state index is 13.1. The van der Waals surface area contributed by atoms with Gasteiger partial charge in [0.1, 0.15) is 11.2 Å². The van der Waals surface area contributed by atoms with Crippen molar-refractivity contribution < 1.29 is 14.7 Å². The molecule has 3 aromatic rings. The Kier molecular flexibility index (Phi) is 5.98. The zero-order chi connectivity index (χ0) is 21.1. The quantitative estimate of drug-likeness (QED) is 0.587. The summed E-state index contributed by atoms with van der Waals surface area (Å²) in [6, 6.07) is 5.27. The maximum absolute atomic E-state index is 13.1. The lowest BCUT2D eigenvalue weighted by Crippen LogP contribution is -2.39. The molecule has 1 aliphatic carbocycles. The first-order valence-corrected chi connectivity index (χ1v) is 11.1. The van der Waals surface area contributed by atoms with Crippen molar-refractivity contribution in [3.8, 4) is 0 Å². The monoisotopic (exact) mass is 428 g/mol. The number of nitrogens with one attached hydrogen (secondary N) is 1.